The fourth-order valence-electron chi connectivity index (χ4n) is 1.95. The Morgan fingerprint density at radius 2 is 2.08 bits per heavy atom. The smallest absolute Gasteiger partial charge is 0.0960 e. The molecule has 0 amide bonds. The number of hydrogen-bond acceptors (Lipinski definition) is 1. The molecule has 2 heteroatoms. The van der Waals surface area contributed by atoms with Crippen molar-refractivity contribution >= 4 is 5.84 Å². The van der Waals surface area contributed by atoms with E-state index in [-0.39, 0.29) is 0 Å². The summed E-state index contributed by atoms with van der Waals surface area (Å²) in [6.45, 7) is 7.87. The van der Waals surface area contributed by atoms with E-state index in [4.69, 9.17) is 5.41 Å². The first-order valence-electron chi connectivity index (χ1n) is 5.50. The molecule has 2 nitrogen and oxygen atoms in total. The van der Waals surface area contributed by atoms with Crippen LogP contribution in [-0.2, 0) is 0 Å². The van der Waals surface area contributed by atoms with Gasteiger partial charge < -0.3 is 4.90 Å². The van der Waals surface area contributed by atoms with Gasteiger partial charge in [-0.25, -0.2) is 0 Å². The normalized spacial score (nSPS) is 23.0. The fraction of sp³-hybridized carbons (Fsp3) is 0.909. The van der Waals surface area contributed by atoms with Gasteiger partial charge in [-0.05, 0) is 25.7 Å². The lowest BCUT2D eigenvalue weighted by molar-refractivity contribution is 0.228. The molecular formula is C11H22N2. The number of hydrogen-bond donors (Lipinski definition) is 1. The van der Waals surface area contributed by atoms with Crippen molar-refractivity contribution in [3.63, 3.8) is 0 Å². The van der Waals surface area contributed by atoms with E-state index in [0.29, 0.717) is 12.0 Å². The fourth-order valence-corrected chi connectivity index (χ4v) is 1.95. The number of likely N-dealkylation sites (tertiary alicyclic amines) is 1. The lowest BCUT2D eigenvalue weighted by Crippen LogP contribution is -2.44. The zero-order valence-corrected chi connectivity index (χ0v) is 9.14. The molecule has 0 radical (unpaired) electrons. The first kappa shape index (κ1) is 10.6. The molecule has 0 saturated carbocycles. The molecule has 0 aromatic rings. The van der Waals surface area contributed by atoms with Crippen molar-refractivity contribution in [2.45, 2.75) is 52.5 Å². The van der Waals surface area contributed by atoms with E-state index in [0.717, 1.165) is 18.8 Å². The molecule has 0 aromatic carbocycles. The van der Waals surface area contributed by atoms with Gasteiger partial charge in [0.2, 0.25) is 0 Å². The van der Waals surface area contributed by atoms with Crippen molar-refractivity contribution in [2.24, 2.45) is 5.92 Å². The molecule has 2 atom stereocenters. The highest BCUT2D eigenvalue weighted by Gasteiger charge is 2.23. The summed E-state index contributed by atoms with van der Waals surface area (Å²) >= 11 is 0. The lowest BCUT2D eigenvalue weighted by atomic mass is 9.97. The Morgan fingerprint density at radius 3 is 2.62 bits per heavy atom. The van der Waals surface area contributed by atoms with Gasteiger partial charge >= 0.3 is 0 Å². The highest BCUT2D eigenvalue weighted by atomic mass is 15.2. The highest BCUT2D eigenvalue weighted by Crippen LogP contribution is 2.20. The van der Waals surface area contributed by atoms with Crippen LogP contribution in [0.25, 0.3) is 0 Å². The van der Waals surface area contributed by atoms with Crippen molar-refractivity contribution in [1.29, 1.82) is 5.41 Å². The van der Waals surface area contributed by atoms with Gasteiger partial charge in [0, 0.05) is 19.0 Å². The van der Waals surface area contributed by atoms with E-state index in [2.05, 4.69) is 25.7 Å². The lowest BCUT2D eigenvalue weighted by Gasteiger charge is -2.37. The molecule has 0 spiro atoms. The monoisotopic (exact) mass is 182 g/mol. The molecule has 76 valence electrons. The Hall–Kier alpha value is -0.530. The number of nitrogens with one attached hydrogen (secondary N) is 1. The van der Waals surface area contributed by atoms with Crippen molar-refractivity contribution in [3.8, 4) is 0 Å². The van der Waals surface area contributed by atoms with Gasteiger partial charge in [0.15, 0.2) is 0 Å². The first-order valence-corrected chi connectivity index (χ1v) is 5.50. The van der Waals surface area contributed by atoms with Gasteiger partial charge in [0.05, 0.1) is 5.84 Å². The van der Waals surface area contributed by atoms with Gasteiger partial charge in [-0.3, -0.25) is 5.41 Å². The molecule has 0 aliphatic carbocycles. The minimum absolute atomic E-state index is 0.554. The first-order chi connectivity index (χ1) is 6.16. The summed E-state index contributed by atoms with van der Waals surface area (Å²) in [5.74, 6) is 1.57. The third-order valence-electron chi connectivity index (χ3n) is 3.37. The Balaban J connectivity index is 2.53. The topological polar surface area (TPSA) is 27.1 Å². The average Bonchev–Trinajstić information content (AvgIpc) is 2.16. The summed E-state index contributed by atoms with van der Waals surface area (Å²) in [4.78, 5) is 2.29. The van der Waals surface area contributed by atoms with Crippen LogP contribution >= 0.6 is 0 Å². The maximum atomic E-state index is 7.87. The van der Waals surface area contributed by atoms with Crippen molar-refractivity contribution in [2.75, 3.05) is 6.54 Å². The molecule has 1 fully saturated rings. The van der Waals surface area contributed by atoms with E-state index >= 15 is 0 Å². The van der Waals surface area contributed by atoms with Crippen LogP contribution < -0.4 is 0 Å². The molecular weight excluding hydrogens is 160 g/mol. The molecule has 1 N–H and O–H groups in total. The van der Waals surface area contributed by atoms with Crippen molar-refractivity contribution in [3.05, 3.63) is 0 Å². The van der Waals surface area contributed by atoms with Crippen LogP contribution in [0.2, 0.25) is 0 Å². The van der Waals surface area contributed by atoms with Gasteiger partial charge in [-0.15, -0.1) is 0 Å². The third-order valence-corrected chi connectivity index (χ3v) is 3.37. The second-order valence-electron chi connectivity index (χ2n) is 4.22. The molecule has 2 unspecified atom stereocenters. The Morgan fingerprint density at radius 1 is 1.38 bits per heavy atom. The second-order valence-corrected chi connectivity index (χ2v) is 4.22. The zero-order valence-electron chi connectivity index (χ0n) is 9.14. The van der Waals surface area contributed by atoms with Gasteiger partial charge in [0.1, 0.15) is 0 Å². The van der Waals surface area contributed by atoms with E-state index in [1.807, 2.05) is 0 Å². The molecule has 0 aromatic heterocycles. The number of rotatable bonds is 3. The standard InChI is InChI=1S/C11H22N2/c1-4-9(2)10(3)13-8-6-5-7-11(13)12/h9-10,12H,4-8H2,1-3H3. The Kier molecular flexibility index (Phi) is 3.76. The maximum Gasteiger partial charge on any atom is 0.0960 e. The zero-order chi connectivity index (χ0) is 9.84. The Labute approximate surface area is 81.8 Å². The minimum atomic E-state index is 0.554. The molecule has 13 heavy (non-hydrogen) atoms. The number of amidine groups is 1. The summed E-state index contributed by atoms with van der Waals surface area (Å²) < 4.78 is 0. The molecule has 0 bridgehead atoms. The summed E-state index contributed by atoms with van der Waals surface area (Å²) in [6.07, 6.45) is 4.68. The van der Waals surface area contributed by atoms with Crippen LogP contribution in [-0.4, -0.2) is 23.3 Å². The molecule has 1 rings (SSSR count). The van der Waals surface area contributed by atoms with Crippen LogP contribution in [0.5, 0.6) is 0 Å². The molecule has 1 aliphatic rings. The van der Waals surface area contributed by atoms with Crippen LogP contribution in [0.3, 0.4) is 0 Å². The van der Waals surface area contributed by atoms with Crippen LogP contribution in [0.4, 0.5) is 0 Å². The largest absolute Gasteiger partial charge is 0.358 e. The summed E-state index contributed by atoms with van der Waals surface area (Å²) in [5.41, 5.74) is 0. The quantitative estimate of drug-likeness (QED) is 0.714. The molecule has 1 heterocycles. The third kappa shape index (κ3) is 2.45. The molecule has 1 aliphatic heterocycles. The predicted molar refractivity (Wildman–Crippen MR) is 57.2 cm³/mol. The molecule has 1 saturated heterocycles. The number of nitrogens with zero attached hydrogens (tertiary/aromatic N) is 1. The Bertz CT molecular complexity index is 177. The highest BCUT2D eigenvalue weighted by molar-refractivity contribution is 5.80. The van der Waals surface area contributed by atoms with Gasteiger partial charge in [0.25, 0.3) is 0 Å². The van der Waals surface area contributed by atoms with E-state index < -0.39 is 0 Å². The summed E-state index contributed by atoms with van der Waals surface area (Å²) in [5, 5.41) is 7.87. The summed E-state index contributed by atoms with van der Waals surface area (Å²) in [6, 6.07) is 0.554. The van der Waals surface area contributed by atoms with Crippen LogP contribution in [0.1, 0.15) is 46.5 Å². The summed E-state index contributed by atoms with van der Waals surface area (Å²) in [7, 11) is 0. The van der Waals surface area contributed by atoms with Crippen LogP contribution in [0.15, 0.2) is 0 Å². The van der Waals surface area contributed by atoms with Gasteiger partial charge in [-0.1, -0.05) is 20.3 Å². The second kappa shape index (κ2) is 4.64. The average molecular weight is 182 g/mol. The van der Waals surface area contributed by atoms with Crippen LogP contribution in [0, 0.1) is 11.3 Å². The minimum Gasteiger partial charge on any atom is -0.358 e. The van der Waals surface area contributed by atoms with Crippen molar-refractivity contribution in [1.82, 2.24) is 4.90 Å². The maximum absolute atomic E-state index is 7.87. The van der Waals surface area contributed by atoms with Crippen molar-refractivity contribution < 1.29 is 0 Å². The van der Waals surface area contributed by atoms with E-state index in [1.54, 1.807) is 0 Å². The SMILES string of the molecule is CCC(C)C(C)N1CCCCC1=N. The number of piperidine rings is 1. The van der Waals surface area contributed by atoms with E-state index in [9.17, 15) is 0 Å². The van der Waals surface area contributed by atoms with Gasteiger partial charge in [-0.2, -0.15) is 0 Å². The predicted octanol–water partition coefficient (Wildman–Crippen LogP) is 2.88. The van der Waals surface area contributed by atoms with E-state index in [1.165, 1.54) is 19.3 Å².